The molecule has 0 aliphatic heterocycles. The van der Waals surface area contributed by atoms with Gasteiger partial charge in [0.05, 0.1) is 0 Å². The van der Waals surface area contributed by atoms with E-state index < -0.39 is 0 Å². The van der Waals surface area contributed by atoms with Crippen molar-refractivity contribution in [2.24, 2.45) is 0 Å². The van der Waals surface area contributed by atoms with Gasteiger partial charge in [-0.25, -0.2) is 0 Å². The predicted molar refractivity (Wildman–Crippen MR) is 73.4 cm³/mol. The van der Waals surface area contributed by atoms with E-state index in [2.05, 4.69) is 13.8 Å². The second-order valence-corrected chi connectivity index (χ2v) is 4.53. The van der Waals surface area contributed by atoms with Crippen LogP contribution in [0, 0.1) is 6.92 Å². The molecule has 3 rings (SSSR count). The standard InChI is InChI=1S/C16H14O3/c1-3-14-10(2)13-8-11(4-6-16(13)19-14)15-7-5-12(9-17)18-15/h4-9H,3H2,1-2H3. The SMILES string of the molecule is CCc1oc2ccc(-c3ccc(C=O)o3)cc2c1C. The van der Waals surface area contributed by atoms with E-state index in [0.29, 0.717) is 17.8 Å². The van der Waals surface area contributed by atoms with Gasteiger partial charge in [-0.2, -0.15) is 0 Å². The molecule has 0 saturated carbocycles. The zero-order chi connectivity index (χ0) is 13.4. The van der Waals surface area contributed by atoms with Gasteiger partial charge in [0, 0.05) is 17.4 Å². The number of aldehydes is 1. The Morgan fingerprint density at radius 1 is 1.16 bits per heavy atom. The van der Waals surface area contributed by atoms with Gasteiger partial charge in [0.1, 0.15) is 17.1 Å². The minimum Gasteiger partial charge on any atom is -0.461 e. The van der Waals surface area contributed by atoms with Crippen molar-refractivity contribution in [3.63, 3.8) is 0 Å². The van der Waals surface area contributed by atoms with Gasteiger partial charge >= 0.3 is 0 Å². The number of carbonyl (C=O) groups excluding carboxylic acids is 1. The van der Waals surface area contributed by atoms with Crippen LogP contribution in [-0.2, 0) is 6.42 Å². The monoisotopic (exact) mass is 254 g/mol. The zero-order valence-electron chi connectivity index (χ0n) is 10.9. The number of hydrogen-bond donors (Lipinski definition) is 0. The van der Waals surface area contributed by atoms with Crippen molar-refractivity contribution in [3.8, 4) is 11.3 Å². The third-order valence-corrected chi connectivity index (χ3v) is 3.38. The van der Waals surface area contributed by atoms with Crippen molar-refractivity contribution >= 4 is 17.3 Å². The molecule has 0 fully saturated rings. The number of rotatable bonds is 3. The maximum atomic E-state index is 10.7. The smallest absolute Gasteiger partial charge is 0.185 e. The summed E-state index contributed by atoms with van der Waals surface area (Å²) in [6, 6.07) is 9.41. The normalized spacial score (nSPS) is 11.1. The van der Waals surface area contributed by atoms with Crippen LogP contribution in [0.2, 0.25) is 0 Å². The van der Waals surface area contributed by atoms with E-state index in [4.69, 9.17) is 8.83 Å². The molecule has 2 aromatic heterocycles. The first kappa shape index (κ1) is 11.8. The van der Waals surface area contributed by atoms with E-state index in [1.807, 2.05) is 18.2 Å². The molecular weight excluding hydrogens is 240 g/mol. The molecule has 3 nitrogen and oxygen atoms in total. The first-order valence-electron chi connectivity index (χ1n) is 6.30. The Hall–Kier alpha value is -2.29. The number of aryl methyl sites for hydroxylation is 2. The van der Waals surface area contributed by atoms with E-state index in [1.54, 1.807) is 12.1 Å². The number of benzene rings is 1. The second-order valence-electron chi connectivity index (χ2n) is 4.53. The Bertz CT molecular complexity index is 747. The van der Waals surface area contributed by atoms with Crippen LogP contribution in [0.4, 0.5) is 0 Å². The van der Waals surface area contributed by atoms with Crippen LogP contribution >= 0.6 is 0 Å². The van der Waals surface area contributed by atoms with Gasteiger partial charge in [0.25, 0.3) is 0 Å². The molecule has 0 unspecified atom stereocenters. The molecular formula is C16H14O3. The fraction of sp³-hybridized carbons (Fsp3) is 0.188. The maximum absolute atomic E-state index is 10.7. The molecule has 0 aliphatic rings. The molecule has 0 amide bonds. The summed E-state index contributed by atoms with van der Waals surface area (Å²) in [4.78, 5) is 10.7. The van der Waals surface area contributed by atoms with Crippen molar-refractivity contribution in [2.45, 2.75) is 20.3 Å². The van der Waals surface area contributed by atoms with Crippen LogP contribution in [0.15, 0.2) is 39.2 Å². The lowest BCUT2D eigenvalue weighted by molar-refractivity contribution is 0.110. The first-order valence-corrected chi connectivity index (χ1v) is 6.30. The maximum Gasteiger partial charge on any atom is 0.185 e. The van der Waals surface area contributed by atoms with Crippen molar-refractivity contribution in [1.29, 1.82) is 0 Å². The number of furan rings is 2. The molecule has 0 saturated heterocycles. The Morgan fingerprint density at radius 3 is 2.68 bits per heavy atom. The van der Waals surface area contributed by atoms with Crippen LogP contribution in [0.25, 0.3) is 22.3 Å². The fourth-order valence-corrected chi connectivity index (χ4v) is 2.33. The Balaban J connectivity index is 2.15. The van der Waals surface area contributed by atoms with Gasteiger partial charge < -0.3 is 8.83 Å². The highest BCUT2D eigenvalue weighted by Crippen LogP contribution is 2.30. The minimum atomic E-state index is 0.341. The number of carbonyl (C=O) groups is 1. The van der Waals surface area contributed by atoms with E-state index in [1.165, 1.54) is 5.56 Å². The summed E-state index contributed by atoms with van der Waals surface area (Å²) in [6.07, 6.45) is 1.59. The lowest BCUT2D eigenvalue weighted by Gasteiger charge is -1.97. The molecule has 0 aliphatic carbocycles. The molecule has 3 aromatic rings. The molecule has 19 heavy (non-hydrogen) atoms. The molecule has 0 N–H and O–H groups in total. The summed E-state index contributed by atoms with van der Waals surface area (Å²) < 4.78 is 11.2. The Kier molecular flexibility index (Phi) is 2.75. The summed E-state index contributed by atoms with van der Waals surface area (Å²) >= 11 is 0. The van der Waals surface area contributed by atoms with E-state index in [0.717, 1.165) is 28.7 Å². The van der Waals surface area contributed by atoms with Crippen molar-refractivity contribution in [3.05, 3.63) is 47.4 Å². The van der Waals surface area contributed by atoms with Gasteiger partial charge in [-0.3, -0.25) is 4.79 Å². The molecule has 2 heterocycles. The molecule has 0 spiro atoms. The van der Waals surface area contributed by atoms with Gasteiger partial charge in [0.2, 0.25) is 0 Å². The van der Waals surface area contributed by atoms with E-state index >= 15 is 0 Å². The molecule has 96 valence electrons. The summed E-state index contributed by atoms with van der Waals surface area (Å²) in [7, 11) is 0. The largest absolute Gasteiger partial charge is 0.461 e. The van der Waals surface area contributed by atoms with E-state index in [9.17, 15) is 4.79 Å². The number of fused-ring (bicyclic) bond motifs is 1. The fourth-order valence-electron chi connectivity index (χ4n) is 2.33. The second kappa shape index (κ2) is 4.43. The predicted octanol–water partition coefficient (Wildman–Crippen LogP) is 4.38. The first-order chi connectivity index (χ1) is 9.22. The van der Waals surface area contributed by atoms with Gasteiger partial charge in [-0.1, -0.05) is 6.92 Å². The Labute approximate surface area is 110 Å². The molecule has 0 radical (unpaired) electrons. The highest BCUT2D eigenvalue weighted by molar-refractivity contribution is 5.86. The Morgan fingerprint density at radius 2 is 2.00 bits per heavy atom. The van der Waals surface area contributed by atoms with Crippen LogP contribution in [0.5, 0.6) is 0 Å². The molecule has 1 aromatic carbocycles. The van der Waals surface area contributed by atoms with Gasteiger partial charge in [-0.15, -0.1) is 0 Å². The molecule has 0 bridgehead atoms. The summed E-state index contributed by atoms with van der Waals surface area (Å²) in [6.45, 7) is 4.14. The quantitative estimate of drug-likeness (QED) is 0.651. The lowest BCUT2D eigenvalue weighted by Crippen LogP contribution is -1.78. The van der Waals surface area contributed by atoms with Crippen molar-refractivity contribution < 1.29 is 13.6 Å². The topological polar surface area (TPSA) is 43.4 Å². The van der Waals surface area contributed by atoms with Crippen LogP contribution < -0.4 is 0 Å². The highest BCUT2D eigenvalue weighted by Gasteiger charge is 2.11. The highest BCUT2D eigenvalue weighted by atomic mass is 16.3. The lowest BCUT2D eigenvalue weighted by atomic mass is 10.1. The average Bonchev–Trinajstić information content (AvgIpc) is 3.03. The van der Waals surface area contributed by atoms with E-state index in [-0.39, 0.29) is 0 Å². The van der Waals surface area contributed by atoms with Crippen LogP contribution in [0.3, 0.4) is 0 Å². The average molecular weight is 254 g/mol. The number of hydrogen-bond acceptors (Lipinski definition) is 3. The van der Waals surface area contributed by atoms with Crippen LogP contribution in [0.1, 0.15) is 28.8 Å². The van der Waals surface area contributed by atoms with Gasteiger partial charge in [0.15, 0.2) is 12.0 Å². The van der Waals surface area contributed by atoms with Crippen LogP contribution in [-0.4, -0.2) is 6.29 Å². The minimum absolute atomic E-state index is 0.341. The summed E-state index contributed by atoms with van der Waals surface area (Å²) in [5.41, 5.74) is 3.01. The zero-order valence-corrected chi connectivity index (χ0v) is 10.9. The summed E-state index contributed by atoms with van der Waals surface area (Å²) in [5.74, 6) is 2.05. The molecule has 3 heteroatoms. The van der Waals surface area contributed by atoms with Crippen molar-refractivity contribution in [1.82, 2.24) is 0 Å². The van der Waals surface area contributed by atoms with Crippen molar-refractivity contribution in [2.75, 3.05) is 0 Å². The summed E-state index contributed by atoms with van der Waals surface area (Å²) in [5, 5.41) is 1.10. The third kappa shape index (κ3) is 1.87. The third-order valence-electron chi connectivity index (χ3n) is 3.38. The van der Waals surface area contributed by atoms with Gasteiger partial charge in [-0.05, 0) is 42.8 Å². The molecule has 0 atom stereocenters.